The van der Waals surface area contributed by atoms with Crippen LogP contribution in [0.2, 0.25) is 0 Å². The van der Waals surface area contributed by atoms with E-state index in [-0.39, 0.29) is 18.6 Å². The summed E-state index contributed by atoms with van der Waals surface area (Å²) in [5, 5.41) is 3.78. The fraction of sp³-hybridized carbons (Fsp3) is 0.333. The van der Waals surface area contributed by atoms with E-state index in [4.69, 9.17) is 9.15 Å². The van der Waals surface area contributed by atoms with Gasteiger partial charge in [0.2, 0.25) is 0 Å². The van der Waals surface area contributed by atoms with Crippen LogP contribution in [0.1, 0.15) is 29.7 Å². The van der Waals surface area contributed by atoms with Crippen LogP contribution < -0.4 is 15.7 Å². The predicted molar refractivity (Wildman–Crippen MR) is 118 cm³/mol. The Bertz CT molecular complexity index is 1070. The number of likely N-dealkylation sites (N-methyl/N-ethyl adjacent to an activating group) is 1. The number of nitrogens with one attached hydrogen (secondary N) is 1. The Hall–Kier alpha value is -3.12. The summed E-state index contributed by atoms with van der Waals surface area (Å²) in [6.07, 6.45) is 0.999. The van der Waals surface area contributed by atoms with Crippen LogP contribution in [0, 0.1) is 6.92 Å². The van der Waals surface area contributed by atoms with Gasteiger partial charge in [0.05, 0.1) is 6.04 Å². The SMILES string of the molecule is CCc1ccc([C@@H](CNC(=O)COc2ccc3c(C)cc(=O)oc3c2)N(C)C)cc1. The van der Waals surface area contributed by atoms with Crippen molar-refractivity contribution in [2.45, 2.75) is 26.3 Å². The van der Waals surface area contributed by atoms with Gasteiger partial charge in [0, 0.05) is 24.1 Å². The second-order valence-corrected chi connectivity index (χ2v) is 7.57. The fourth-order valence-electron chi connectivity index (χ4n) is 3.38. The average Bonchev–Trinajstić information content (AvgIpc) is 2.72. The molecule has 0 aliphatic rings. The first-order chi connectivity index (χ1) is 14.4. The molecule has 0 bridgehead atoms. The van der Waals surface area contributed by atoms with Crippen molar-refractivity contribution in [1.82, 2.24) is 10.2 Å². The summed E-state index contributed by atoms with van der Waals surface area (Å²) in [6.45, 7) is 4.34. The number of carbonyl (C=O) groups is 1. The zero-order valence-corrected chi connectivity index (χ0v) is 17.9. The molecular formula is C24H28N2O4. The van der Waals surface area contributed by atoms with Crippen LogP contribution in [-0.2, 0) is 11.2 Å². The smallest absolute Gasteiger partial charge is 0.336 e. The van der Waals surface area contributed by atoms with Crippen molar-refractivity contribution in [2.24, 2.45) is 0 Å². The van der Waals surface area contributed by atoms with Gasteiger partial charge in [-0.05, 0) is 56.3 Å². The fourth-order valence-corrected chi connectivity index (χ4v) is 3.38. The van der Waals surface area contributed by atoms with Crippen molar-refractivity contribution in [1.29, 1.82) is 0 Å². The van der Waals surface area contributed by atoms with Gasteiger partial charge in [0.25, 0.3) is 5.91 Å². The quantitative estimate of drug-likeness (QED) is 0.578. The first kappa shape index (κ1) is 21.6. The van der Waals surface area contributed by atoms with Gasteiger partial charge in [-0.1, -0.05) is 31.2 Å². The molecule has 0 saturated carbocycles. The molecule has 1 atom stereocenters. The van der Waals surface area contributed by atoms with Crippen LogP contribution in [0.25, 0.3) is 11.0 Å². The van der Waals surface area contributed by atoms with Crippen molar-refractivity contribution in [3.05, 3.63) is 75.6 Å². The van der Waals surface area contributed by atoms with Crippen LogP contribution in [-0.4, -0.2) is 38.1 Å². The van der Waals surface area contributed by atoms with Crippen molar-refractivity contribution >= 4 is 16.9 Å². The summed E-state index contributed by atoms with van der Waals surface area (Å²) in [5.41, 5.74) is 3.32. The number of fused-ring (bicyclic) bond motifs is 1. The number of nitrogens with zero attached hydrogens (tertiary/aromatic N) is 1. The van der Waals surface area contributed by atoms with E-state index in [2.05, 4.69) is 41.4 Å². The third-order valence-corrected chi connectivity index (χ3v) is 5.18. The standard InChI is InChI=1S/C24H28N2O4/c1-5-17-6-8-18(9-7-17)21(26(3)4)14-25-23(27)15-29-19-10-11-20-16(2)12-24(28)30-22(20)13-19/h6-13,21H,5,14-15H2,1-4H3,(H,25,27)/t21-/m1/s1. The number of ether oxygens (including phenoxy) is 1. The molecule has 3 aromatic rings. The number of aryl methyl sites for hydroxylation is 2. The van der Waals surface area contributed by atoms with E-state index >= 15 is 0 Å². The molecule has 6 heteroatoms. The summed E-state index contributed by atoms with van der Waals surface area (Å²) in [4.78, 5) is 26.0. The number of hydrogen-bond acceptors (Lipinski definition) is 5. The maximum Gasteiger partial charge on any atom is 0.336 e. The Morgan fingerprint density at radius 3 is 2.53 bits per heavy atom. The van der Waals surface area contributed by atoms with Crippen LogP contribution in [0.5, 0.6) is 5.75 Å². The van der Waals surface area contributed by atoms with Gasteiger partial charge < -0.3 is 19.4 Å². The summed E-state index contributed by atoms with van der Waals surface area (Å²) in [7, 11) is 3.98. The van der Waals surface area contributed by atoms with E-state index in [0.717, 1.165) is 22.9 Å². The lowest BCUT2D eigenvalue weighted by molar-refractivity contribution is -0.123. The van der Waals surface area contributed by atoms with E-state index < -0.39 is 5.63 Å². The highest BCUT2D eigenvalue weighted by Crippen LogP contribution is 2.22. The number of hydrogen-bond donors (Lipinski definition) is 1. The van der Waals surface area contributed by atoms with Crippen LogP contribution >= 0.6 is 0 Å². The van der Waals surface area contributed by atoms with Crippen LogP contribution in [0.15, 0.2) is 57.7 Å². The highest BCUT2D eigenvalue weighted by Gasteiger charge is 2.15. The number of rotatable bonds is 8. The van der Waals surface area contributed by atoms with Crippen molar-refractivity contribution < 1.29 is 13.9 Å². The molecule has 0 unspecified atom stereocenters. The molecule has 158 valence electrons. The summed E-state index contributed by atoms with van der Waals surface area (Å²) in [5.74, 6) is 0.267. The third-order valence-electron chi connectivity index (χ3n) is 5.18. The first-order valence-corrected chi connectivity index (χ1v) is 10.1. The van der Waals surface area contributed by atoms with Gasteiger partial charge in [0.1, 0.15) is 11.3 Å². The average molecular weight is 408 g/mol. The van der Waals surface area contributed by atoms with Gasteiger partial charge in [-0.15, -0.1) is 0 Å². The highest BCUT2D eigenvalue weighted by atomic mass is 16.5. The van der Waals surface area contributed by atoms with Gasteiger partial charge in [0.15, 0.2) is 6.61 Å². The van der Waals surface area contributed by atoms with Gasteiger partial charge >= 0.3 is 5.63 Å². The molecule has 30 heavy (non-hydrogen) atoms. The highest BCUT2D eigenvalue weighted by molar-refractivity contribution is 5.81. The molecule has 0 fully saturated rings. The van der Waals surface area contributed by atoms with Crippen LogP contribution in [0.4, 0.5) is 0 Å². The van der Waals surface area contributed by atoms with Gasteiger partial charge in [-0.25, -0.2) is 4.79 Å². The Morgan fingerprint density at radius 2 is 1.87 bits per heavy atom. The Morgan fingerprint density at radius 1 is 1.13 bits per heavy atom. The van der Waals surface area contributed by atoms with E-state index in [1.165, 1.54) is 11.6 Å². The third kappa shape index (κ3) is 5.27. The topological polar surface area (TPSA) is 71.8 Å². The van der Waals surface area contributed by atoms with Gasteiger partial charge in [-0.3, -0.25) is 4.79 Å². The second-order valence-electron chi connectivity index (χ2n) is 7.57. The molecule has 1 N–H and O–H groups in total. The summed E-state index contributed by atoms with van der Waals surface area (Å²) in [6, 6.07) is 15.2. The van der Waals surface area contributed by atoms with Crippen molar-refractivity contribution in [3.8, 4) is 5.75 Å². The van der Waals surface area contributed by atoms with Crippen molar-refractivity contribution in [2.75, 3.05) is 27.2 Å². The maximum atomic E-state index is 12.3. The Labute approximate surface area is 176 Å². The molecule has 3 rings (SSSR count). The lowest BCUT2D eigenvalue weighted by Gasteiger charge is -2.25. The molecule has 0 radical (unpaired) electrons. The molecular weight excluding hydrogens is 380 g/mol. The largest absolute Gasteiger partial charge is 0.484 e. The summed E-state index contributed by atoms with van der Waals surface area (Å²) >= 11 is 0. The summed E-state index contributed by atoms with van der Waals surface area (Å²) < 4.78 is 10.8. The molecule has 2 aromatic carbocycles. The zero-order chi connectivity index (χ0) is 21.7. The van der Waals surface area contributed by atoms with Gasteiger partial charge in [-0.2, -0.15) is 0 Å². The number of amides is 1. The minimum absolute atomic E-state index is 0.0674. The molecule has 0 saturated heterocycles. The van der Waals surface area contributed by atoms with Crippen molar-refractivity contribution in [3.63, 3.8) is 0 Å². The Balaban J connectivity index is 1.59. The molecule has 0 aliphatic carbocycles. The predicted octanol–water partition coefficient (Wildman–Crippen LogP) is 3.46. The number of benzene rings is 2. The second kappa shape index (κ2) is 9.59. The molecule has 1 heterocycles. The molecule has 0 aliphatic heterocycles. The molecule has 1 amide bonds. The lowest BCUT2D eigenvalue weighted by Crippen LogP contribution is -2.36. The monoisotopic (exact) mass is 408 g/mol. The normalized spacial score (nSPS) is 12.2. The van der Waals surface area contributed by atoms with E-state index in [9.17, 15) is 9.59 Å². The molecule has 6 nitrogen and oxygen atoms in total. The first-order valence-electron chi connectivity index (χ1n) is 10.1. The molecule has 0 spiro atoms. The maximum absolute atomic E-state index is 12.3. The number of carbonyl (C=O) groups excluding carboxylic acids is 1. The zero-order valence-electron chi connectivity index (χ0n) is 17.9. The lowest BCUT2D eigenvalue weighted by atomic mass is 10.0. The van der Waals surface area contributed by atoms with E-state index in [1.807, 2.05) is 27.1 Å². The Kier molecular flexibility index (Phi) is 6.90. The van der Waals surface area contributed by atoms with E-state index in [1.54, 1.807) is 12.1 Å². The van der Waals surface area contributed by atoms with E-state index in [0.29, 0.717) is 17.9 Å². The minimum Gasteiger partial charge on any atom is -0.484 e. The minimum atomic E-state index is -0.406. The molecule has 1 aromatic heterocycles. The van der Waals surface area contributed by atoms with Crippen LogP contribution in [0.3, 0.4) is 0 Å².